The van der Waals surface area contributed by atoms with E-state index >= 15 is 0 Å². The normalized spacial score (nSPS) is 10.5. The molecule has 0 aromatic heterocycles. The van der Waals surface area contributed by atoms with Crippen molar-refractivity contribution in [2.45, 2.75) is 57.3 Å². The number of benzene rings is 1. The van der Waals surface area contributed by atoms with Crippen molar-refractivity contribution < 1.29 is 4.79 Å². The Morgan fingerprint density at radius 1 is 1.06 bits per heavy atom. The number of carbonyl (C=O) groups excluding carboxylic acids is 1. The smallest absolute Gasteiger partial charge is 0.193 e. The van der Waals surface area contributed by atoms with Crippen molar-refractivity contribution in [2.24, 2.45) is 0 Å². The molecule has 0 atom stereocenters. The molecule has 0 aliphatic rings. The number of hydrogen-bond acceptors (Lipinski definition) is 2. The van der Waals surface area contributed by atoms with Gasteiger partial charge in [0.2, 0.25) is 0 Å². The third-order valence-corrected chi connectivity index (χ3v) is 3.68. The minimum Gasteiger partial charge on any atom is -0.287 e. The Kier molecular flexibility index (Phi) is 7.02. The molecule has 0 heterocycles. The van der Waals surface area contributed by atoms with Gasteiger partial charge in [-0.25, -0.2) is 0 Å². The molecule has 1 aromatic rings. The van der Waals surface area contributed by atoms with E-state index in [0.29, 0.717) is 11.5 Å². The van der Waals surface area contributed by atoms with Crippen LogP contribution >= 0.6 is 11.8 Å². The molecule has 0 unspecified atom stereocenters. The van der Waals surface area contributed by atoms with Gasteiger partial charge in [-0.2, -0.15) is 0 Å². The van der Waals surface area contributed by atoms with Crippen molar-refractivity contribution in [1.82, 2.24) is 0 Å². The third-order valence-electron chi connectivity index (χ3n) is 2.74. The van der Waals surface area contributed by atoms with Crippen LogP contribution in [-0.4, -0.2) is 5.12 Å². The highest BCUT2D eigenvalue weighted by molar-refractivity contribution is 8.13. The maximum absolute atomic E-state index is 11.7. The Morgan fingerprint density at radius 2 is 1.71 bits per heavy atom. The molecule has 17 heavy (non-hydrogen) atoms. The number of hydrogen-bond donors (Lipinski definition) is 0. The van der Waals surface area contributed by atoms with E-state index in [0.717, 1.165) is 11.3 Å². The predicted octanol–water partition coefficient (Wildman–Crippen LogP) is 4.97. The third kappa shape index (κ3) is 6.52. The number of aryl methyl sites for hydroxylation is 1. The van der Waals surface area contributed by atoms with Crippen LogP contribution in [0.2, 0.25) is 0 Å². The first-order valence-electron chi connectivity index (χ1n) is 6.49. The van der Waals surface area contributed by atoms with E-state index in [4.69, 9.17) is 0 Å². The quantitative estimate of drug-likeness (QED) is 0.502. The van der Waals surface area contributed by atoms with Gasteiger partial charge in [0.1, 0.15) is 0 Å². The predicted molar refractivity (Wildman–Crippen MR) is 75.4 cm³/mol. The molecule has 0 fully saturated rings. The minimum absolute atomic E-state index is 0.297. The molecule has 1 rings (SSSR count). The molecule has 0 aliphatic heterocycles. The lowest BCUT2D eigenvalue weighted by molar-refractivity contribution is -0.111. The second-order valence-electron chi connectivity index (χ2n) is 4.45. The van der Waals surface area contributed by atoms with Crippen molar-refractivity contribution >= 4 is 16.9 Å². The van der Waals surface area contributed by atoms with Crippen molar-refractivity contribution in [3.63, 3.8) is 0 Å². The molecule has 94 valence electrons. The summed E-state index contributed by atoms with van der Waals surface area (Å²) in [5.74, 6) is 0. The summed E-state index contributed by atoms with van der Waals surface area (Å²) in [7, 11) is 0. The van der Waals surface area contributed by atoms with Crippen LogP contribution in [-0.2, 0) is 4.79 Å². The summed E-state index contributed by atoms with van der Waals surface area (Å²) in [6.45, 7) is 4.27. The van der Waals surface area contributed by atoms with Gasteiger partial charge in [0, 0.05) is 11.3 Å². The zero-order chi connectivity index (χ0) is 12.5. The average molecular weight is 250 g/mol. The van der Waals surface area contributed by atoms with Crippen molar-refractivity contribution in [3.8, 4) is 0 Å². The second kappa shape index (κ2) is 8.35. The first kappa shape index (κ1) is 14.3. The summed E-state index contributed by atoms with van der Waals surface area (Å²) in [5.41, 5.74) is 1.24. The monoisotopic (exact) mass is 250 g/mol. The number of unbranched alkanes of at least 4 members (excludes halogenated alkanes) is 4. The van der Waals surface area contributed by atoms with Gasteiger partial charge in [0.05, 0.1) is 0 Å². The van der Waals surface area contributed by atoms with Gasteiger partial charge in [-0.1, -0.05) is 62.1 Å². The molecule has 2 heteroatoms. The lowest BCUT2D eigenvalue weighted by Crippen LogP contribution is -1.91. The van der Waals surface area contributed by atoms with Crippen LogP contribution in [0.25, 0.3) is 0 Å². The number of thioether (sulfide) groups is 1. The van der Waals surface area contributed by atoms with Crippen molar-refractivity contribution in [2.75, 3.05) is 0 Å². The van der Waals surface area contributed by atoms with Gasteiger partial charge in [-0.05, 0) is 25.5 Å². The highest BCUT2D eigenvalue weighted by Crippen LogP contribution is 2.21. The number of carbonyl (C=O) groups is 1. The molecular weight excluding hydrogens is 228 g/mol. The van der Waals surface area contributed by atoms with Gasteiger partial charge < -0.3 is 0 Å². The van der Waals surface area contributed by atoms with E-state index < -0.39 is 0 Å². The van der Waals surface area contributed by atoms with Gasteiger partial charge >= 0.3 is 0 Å². The van der Waals surface area contributed by atoms with Crippen molar-refractivity contribution in [3.05, 3.63) is 29.8 Å². The zero-order valence-corrected chi connectivity index (χ0v) is 11.7. The zero-order valence-electron chi connectivity index (χ0n) is 10.9. The van der Waals surface area contributed by atoms with Crippen molar-refractivity contribution in [1.29, 1.82) is 0 Å². The highest BCUT2D eigenvalue weighted by Gasteiger charge is 2.04. The van der Waals surface area contributed by atoms with Crippen LogP contribution < -0.4 is 0 Å². The Hall–Kier alpha value is -0.760. The van der Waals surface area contributed by atoms with Crippen LogP contribution in [0, 0.1) is 6.92 Å². The molecule has 0 amide bonds. The minimum atomic E-state index is 0.297. The maximum atomic E-state index is 11.7. The SMILES string of the molecule is CCCCCCCC(=O)Sc1ccc(C)cc1. The van der Waals surface area contributed by atoms with E-state index in [1.54, 1.807) is 0 Å². The number of rotatable bonds is 7. The lowest BCUT2D eigenvalue weighted by atomic mass is 10.1. The first-order valence-corrected chi connectivity index (χ1v) is 7.31. The van der Waals surface area contributed by atoms with Crippen LogP contribution in [0.5, 0.6) is 0 Å². The molecule has 0 spiro atoms. The lowest BCUT2D eigenvalue weighted by Gasteiger charge is -2.01. The van der Waals surface area contributed by atoms with Crippen LogP contribution in [0.3, 0.4) is 0 Å². The summed E-state index contributed by atoms with van der Waals surface area (Å²) >= 11 is 1.38. The Balaban J connectivity index is 2.18. The molecule has 0 saturated carbocycles. The highest BCUT2D eigenvalue weighted by atomic mass is 32.2. The first-order chi connectivity index (χ1) is 8.22. The van der Waals surface area contributed by atoms with Gasteiger partial charge in [-0.3, -0.25) is 4.79 Å². The molecular formula is C15H22OS. The molecule has 0 bridgehead atoms. The second-order valence-corrected chi connectivity index (χ2v) is 5.58. The fourth-order valence-electron chi connectivity index (χ4n) is 1.66. The fourth-order valence-corrected chi connectivity index (χ4v) is 2.44. The molecule has 0 saturated heterocycles. The summed E-state index contributed by atoms with van der Waals surface area (Å²) in [6.07, 6.45) is 6.75. The van der Waals surface area contributed by atoms with Gasteiger partial charge in [0.25, 0.3) is 0 Å². The molecule has 0 N–H and O–H groups in total. The van der Waals surface area contributed by atoms with E-state index in [-0.39, 0.29) is 0 Å². The van der Waals surface area contributed by atoms with E-state index in [1.807, 2.05) is 12.1 Å². The Bertz CT molecular complexity index is 329. The van der Waals surface area contributed by atoms with E-state index in [1.165, 1.54) is 43.0 Å². The molecule has 0 aliphatic carbocycles. The average Bonchev–Trinajstić information content (AvgIpc) is 2.32. The van der Waals surface area contributed by atoms with Gasteiger partial charge in [-0.15, -0.1) is 0 Å². The van der Waals surface area contributed by atoms with Gasteiger partial charge in [0.15, 0.2) is 5.12 Å². The molecule has 0 radical (unpaired) electrons. The fraction of sp³-hybridized carbons (Fsp3) is 0.533. The van der Waals surface area contributed by atoms with E-state index in [2.05, 4.69) is 26.0 Å². The van der Waals surface area contributed by atoms with Crippen LogP contribution in [0.1, 0.15) is 51.0 Å². The maximum Gasteiger partial charge on any atom is 0.193 e. The summed E-state index contributed by atoms with van der Waals surface area (Å²) in [5, 5.41) is 0.297. The van der Waals surface area contributed by atoms with Crippen LogP contribution in [0.4, 0.5) is 0 Å². The Labute approximate surface area is 109 Å². The summed E-state index contributed by atoms with van der Waals surface area (Å²) < 4.78 is 0. The molecule has 1 aromatic carbocycles. The summed E-state index contributed by atoms with van der Waals surface area (Å²) in [6, 6.07) is 8.15. The topological polar surface area (TPSA) is 17.1 Å². The molecule has 1 nitrogen and oxygen atoms in total. The Morgan fingerprint density at radius 3 is 2.35 bits per heavy atom. The van der Waals surface area contributed by atoms with E-state index in [9.17, 15) is 4.79 Å². The summed E-state index contributed by atoms with van der Waals surface area (Å²) in [4.78, 5) is 12.8. The largest absolute Gasteiger partial charge is 0.287 e. The standard InChI is InChI=1S/C15H22OS/c1-3-4-5-6-7-8-15(16)17-14-11-9-13(2)10-12-14/h9-12H,3-8H2,1-2H3. The van der Waals surface area contributed by atoms with Crippen LogP contribution in [0.15, 0.2) is 29.2 Å².